The van der Waals surface area contributed by atoms with E-state index in [2.05, 4.69) is 9.98 Å². The van der Waals surface area contributed by atoms with Crippen LogP contribution in [0, 0.1) is 0 Å². The van der Waals surface area contributed by atoms with Crippen molar-refractivity contribution in [2.45, 2.75) is 0 Å². The number of aliphatic carboxylic acids is 1. The van der Waals surface area contributed by atoms with Crippen molar-refractivity contribution in [2.75, 3.05) is 6.61 Å². The van der Waals surface area contributed by atoms with E-state index >= 15 is 0 Å². The summed E-state index contributed by atoms with van der Waals surface area (Å²) in [6.07, 6.45) is 20.5. The summed E-state index contributed by atoms with van der Waals surface area (Å²) in [5.74, 6) is -1.21. The molecular weight excluding hydrogens is 284 g/mol. The monoisotopic (exact) mass is 300 g/mol. The number of carbonyl (C=O) groups is 1. The van der Waals surface area contributed by atoms with E-state index < -0.39 is 5.97 Å². The lowest BCUT2D eigenvalue weighted by atomic mass is 10.4. The predicted molar refractivity (Wildman–Crippen MR) is 85.4 cm³/mol. The fourth-order valence-electron chi connectivity index (χ4n) is 1.11. The first-order chi connectivity index (χ1) is 10.8. The van der Waals surface area contributed by atoms with Gasteiger partial charge in [-0.15, -0.1) is 0 Å². The molecular formula is C16H16N2O4. The Morgan fingerprint density at radius 3 is 2.64 bits per heavy atom. The molecule has 0 atom stereocenters. The number of hydrogen-bond donors (Lipinski definition) is 1. The third-order valence-corrected chi connectivity index (χ3v) is 2.06. The van der Waals surface area contributed by atoms with Crippen LogP contribution in [0.25, 0.3) is 0 Å². The average Bonchev–Trinajstić information content (AvgIpc) is 2.50. The zero-order valence-electron chi connectivity index (χ0n) is 11.8. The number of allylic oxidation sites excluding steroid dienone is 7. The van der Waals surface area contributed by atoms with Crippen molar-refractivity contribution in [3.05, 3.63) is 73.0 Å². The molecule has 0 aromatic heterocycles. The average molecular weight is 300 g/mol. The minimum absolute atomic E-state index is 0.252. The molecule has 0 aliphatic carbocycles. The molecule has 0 aromatic rings. The van der Waals surface area contributed by atoms with E-state index in [1.54, 1.807) is 18.2 Å². The van der Waals surface area contributed by atoms with Gasteiger partial charge in [0.15, 0.2) is 12.1 Å². The Morgan fingerprint density at radius 2 is 1.82 bits per heavy atom. The summed E-state index contributed by atoms with van der Waals surface area (Å²) < 4.78 is 10.1. The second-order valence-corrected chi connectivity index (χ2v) is 3.68. The van der Waals surface area contributed by atoms with Crippen LogP contribution in [-0.2, 0) is 14.3 Å². The van der Waals surface area contributed by atoms with E-state index in [1.807, 2.05) is 30.4 Å². The summed E-state index contributed by atoms with van der Waals surface area (Å²) >= 11 is 0. The van der Waals surface area contributed by atoms with E-state index in [1.165, 1.54) is 18.7 Å². The van der Waals surface area contributed by atoms with Gasteiger partial charge in [-0.1, -0.05) is 30.4 Å². The topological polar surface area (TPSA) is 80.5 Å². The molecule has 1 aliphatic heterocycles. The van der Waals surface area contributed by atoms with Gasteiger partial charge in [0.1, 0.15) is 6.61 Å². The zero-order chi connectivity index (χ0) is 15.9. The standard InChI is InChI=1S/C16H16N2O4/c19-16(20)15-13-17-9-8-12-21-10-6-4-2-1-3-5-7-11-22-14-18-15/h1-9,11-14H,10H2,(H,19,20)/b2-1-,5-3-,6-4-,11-7-,12-8-,15-13?,17-9?,18-14?. The molecule has 0 unspecified atom stereocenters. The van der Waals surface area contributed by atoms with Crippen LogP contribution >= 0.6 is 0 Å². The summed E-state index contributed by atoms with van der Waals surface area (Å²) in [5.41, 5.74) is -0.252. The SMILES string of the molecule is O=C(O)C1=CN=C/C=C\OC\C=C/C=C\C=C/C=C\OC=N1. The van der Waals surface area contributed by atoms with Crippen LogP contribution in [0.3, 0.4) is 0 Å². The molecule has 1 rings (SSSR count). The molecule has 0 aromatic carbocycles. The Kier molecular flexibility index (Phi) is 8.96. The number of rotatable bonds is 1. The minimum atomic E-state index is -1.21. The van der Waals surface area contributed by atoms with E-state index in [0.29, 0.717) is 6.61 Å². The van der Waals surface area contributed by atoms with Crippen LogP contribution in [0.5, 0.6) is 0 Å². The van der Waals surface area contributed by atoms with Crippen molar-refractivity contribution in [3.8, 4) is 0 Å². The third kappa shape index (κ3) is 8.87. The lowest BCUT2D eigenvalue weighted by Gasteiger charge is -1.92. The molecule has 0 amide bonds. The normalized spacial score (nSPS) is 23.4. The van der Waals surface area contributed by atoms with Crippen LogP contribution in [0.15, 0.2) is 83.0 Å². The fourth-order valence-corrected chi connectivity index (χ4v) is 1.11. The maximum Gasteiger partial charge on any atom is 0.356 e. The van der Waals surface area contributed by atoms with Crippen LogP contribution in [0.1, 0.15) is 0 Å². The molecule has 0 radical (unpaired) electrons. The van der Waals surface area contributed by atoms with E-state index in [4.69, 9.17) is 14.6 Å². The van der Waals surface area contributed by atoms with Crippen LogP contribution in [-0.4, -0.2) is 30.3 Å². The molecule has 114 valence electrons. The summed E-state index contributed by atoms with van der Waals surface area (Å²) in [5, 5.41) is 8.93. The number of carboxylic acid groups (broad SMARTS) is 1. The van der Waals surface area contributed by atoms with E-state index in [0.717, 1.165) is 12.6 Å². The van der Waals surface area contributed by atoms with Crippen LogP contribution in [0.4, 0.5) is 0 Å². The first-order valence-corrected chi connectivity index (χ1v) is 6.37. The summed E-state index contributed by atoms with van der Waals surface area (Å²) in [4.78, 5) is 18.4. The summed E-state index contributed by atoms with van der Waals surface area (Å²) in [6.45, 7) is 0.423. The van der Waals surface area contributed by atoms with Crippen molar-refractivity contribution in [2.24, 2.45) is 9.98 Å². The Bertz CT molecular complexity index is 579. The molecule has 1 heterocycles. The number of hydrogen-bond acceptors (Lipinski definition) is 5. The highest BCUT2D eigenvalue weighted by atomic mass is 16.5. The van der Waals surface area contributed by atoms with Crippen molar-refractivity contribution in [3.63, 3.8) is 0 Å². The van der Waals surface area contributed by atoms with Gasteiger partial charge in [0, 0.05) is 6.21 Å². The molecule has 0 saturated heterocycles. The molecule has 6 nitrogen and oxygen atoms in total. The van der Waals surface area contributed by atoms with Crippen molar-refractivity contribution in [1.82, 2.24) is 0 Å². The van der Waals surface area contributed by atoms with Crippen LogP contribution < -0.4 is 0 Å². The second-order valence-electron chi connectivity index (χ2n) is 3.68. The van der Waals surface area contributed by atoms with Gasteiger partial charge in [0.2, 0.25) is 0 Å². The molecule has 0 fully saturated rings. The second kappa shape index (κ2) is 11.7. The van der Waals surface area contributed by atoms with Gasteiger partial charge < -0.3 is 14.6 Å². The maximum atomic E-state index is 10.9. The molecule has 1 aliphatic rings. The number of nitrogens with zero attached hydrogens (tertiary/aromatic N) is 2. The molecule has 1 N–H and O–H groups in total. The van der Waals surface area contributed by atoms with Crippen molar-refractivity contribution >= 4 is 18.6 Å². The Balaban J connectivity index is 2.78. The zero-order valence-corrected chi connectivity index (χ0v) is 11.8. The first kappa shape index (κ1) is 16.9. The molecule has 0 saturated carbocycles. The highest BCUT2D eigenvalue weighted by Crippen LogP contribution is 1.97. The van der Waals surface area contributed by atoms with Crippen LogP contribution in [0.2, 0.25) is 0 Å². The number of carboxylic acids is 1. The summed E-state index contributed by atoms with van der Waals surface area (Å²) in [7, 11) is 0. The van der Waals surface area contributed by atoms with E-state index in [-0.39, 0.29) is 5.70 Å². The van der Waals surface area contributed by atoms with Gasteiger partial charge in [-0.05, 0) is 18.2 Å². The van der Waals surface area contributed by atoms with Gasteiger partial charge in [-0.2, -0.15) is 0 Å². The smallest absolute Gasteiger partial charge is 0.356 e. The van der Waals surface area contributed by atoms with E-state index in [9.17, 15) is 4.79 Å². The lowest BCUT2D eigenvalue weighted by molar-refractivity contribution is -0.132. The first-order valence-electron chi connectivity index (χ1n) is 6.37. The van der Waals surface area contributed by atoms with Gasteiger partial charge in [0.25, 0.3) is 0 Å². The van der Waals surface area contributed by atoms with Crippen molar-refractivity contribution in [1.29, 1.82) is 0 Å². The summed E-state index contributed by atoms with van der Waals surface area (Å²) in [6, 6.07) is 0. The Hall–Kier alpha value is -3.15. The predicted octanol–water partition coefficient (Wildman–Crippen LogP) is 2.75. The minimum Gasteiger partial charge on any atom is -0.497 e. The molecule has 0 bridgehead atoms. The van der Waals surface area contributed by atoms with Crippen molar-refractivity contribution < 1.29 is 19.4 Å². The molecule has 22 heavy (non-hydrogen) atoms. The third-order valence-electron chi connectivity index (χ3n) is 2.06. The van der Waals surface area contributed by atoms with Gasteiger partial charge >= 0.3 is 5.97 Å². The highest BCUT2D eigenvalue weighted by Gasteiger charge is 2.02. The Labute approximate surface area is 128 Å². The number of aliphatic imine (C=N–C) groups is 2. The molecule has 0 spiro atoms. The quantitative estimate of drug-likeness (QED) is 0.807. The van der Waals surface area contributed by atoms with Gasteiger partial charge in [-0.25, -0.2) is 9.79 Å². The Morgan fingerprint density at radius 1 is 1.05 bits per heavy atom. The van der Waals surface area contributed by atoms with Gasteiger partial charge in [-0.3, -0.25) is 4.99 Å². The highest BCUT2D eigenvalue weighted by molar-refractivity contribution is 5.88. The maximum absolute atomic E-state index is 10.9. The lowest BCUT2D eigenvalue weighted by Crippen LogP contribution is -1.98. The van der Waals surface area contributed by atoms with Gasteiger partial charge in [0.05, 0.1) is 18.7 Å². The fraction of sp³-hybridized carbons (Fsp3) is 0.0625. The largest absolute Gasteiger partial charge is 0.497 e. The number of ether oxygens (including phenoxy) is 2. The molecule has 6 heteroatoms.